The van der Waals surface area contributed by atoms with Crippen LogP contribution in [0.5, 0.6) is 11.5 Å². The lowest BCUT2D eigenvalue weighted by molar-refractivity contribution is 0.355. The molecular formula is C20H19N3O2. The van der Waals surface area contributed by atoms with E-state index in [0.29, 0.717) is 11.5 Å². The van der Waals surface area contributed by atoms with E-state index in [-0.39, 0.29) is 6.04 Å². The smallest absolute Gasteiger partial charge is 0.161 e. The predicted molar refractivity (Wildman–Crippen MR) is 98.3 cm³/mol. The first kappa shape index (κ1) is 15.4. The van der Waals surface area contributed by atoms with Gasteiger partial charge in [-0.1, -0.05) is 24.3 Å². The molecule has 4 rings (SSSR count). The third kappa shape index (κ3) is 2.89. The Labute approximate surface area is 146 Å². The molecule has 0 saturated carbocycles. The molecule has 1 unspecified atom stereocenters. The molecule has 0 saturated heterocycles. The van der Waals surface area contributed by atoms with Gasteiger partial charge in [0.05, 0.1) is 37.2 Å². The average Bonchev–Trinajstić information content (AvgIpc) is 3.17. The third-order valence-corrected chi connectivity index (χ3v) is 4.45. The van der Waals surface area contributed by atoms with Crippen LogP contribution in [0.1, 0.15) is 23.7 Å². The van der Waals surface area contributed by atoms with Crippen LogP contribution in [0.3, 0.4) is 0 Å². The van der Waals surface area contributed by atoms with E-state index >= 15 is 0 Å². The quantitative estimate of drug-likeness (QED) is 0.791. The summed E-state index contributed by atoms with van der Waals surface area (Å²) in [6.45, 7) is 0. The van der Waals surface area contributed by atoms with Crippen molar-refractivity contribution in [3.05, 3.63) is 65.9 Å². The summed E-state index contributed by atoms with van der Waals surface area (Å²) >= 11 is 0. The normalized spacial score (nSPS) is 16.4. The van der Waals surface area contributed by atoms with E-state index < -0.39 is 0 Å². The van der Waals surface area contributed by atoms with Crippen molar-refractivity contribution in [1.82, 2.24) is 10.4 Å². The SMILES string of the molecule is COc1ccc(C2=NNC(c3ccc4ccccc4n3)C2)cc1OC. The molecule has 5 nitrogen and oxygen atoms in total. The number of pyridine rings is 1. The molecule has 0 bridgehead atoms. The first-order valence-electron chi connectivity index (χ1n) is 8.18. The second-order valence-electron chi connectivity index (χ2n) is 5.94. The number of hydrazone groups is 1. The maximum atomic E-state index is 5.38. The second-order valence-corrected chi connectivity index (χ2v) is 5.94. The van der Waals surface area contributed by atoms with Crippen LogP contribution in [0.15, 0.2) is 59.7 Å². The molecule has 25 heavy (non-hydrogen) atoms. The molecule has 0 spiro atoms. The van der Waals surface area contributed by atoms with Gasteiger partial charge in [-0.3, -0.25) is 4.98 Å². The molecule has 5 heteroatoms. The number of hydrogen-bond donors (Lipinski definition) is 1. The number of hydrogen-bond acceptors (Lipinski definition) is 5. The molecule has 0 amide bonds. The summed E-state index contributed by atoms with van der Waals surface area (Å²) in [5, 5.41) is 5.65. The number of rotatable bonds is 4. The summed E-state index contributed by atoms with van der Waals surface area (Å²) in [5.41, 5.74) is 7.21. The average molecular weight is 333 g/mol. The zero-order chi connectivity index (χ0) is 17.2. The maximum Gasteiger partial charge on any atom is 0.161 e. The number of fused-ring (bicyclic) bond motifs is 1. The molecule has 126 valence electrons. The number of aromatic nitrogens is 1. The van der Waals surface area contributed by atoms with E-state index in [1.54, 1.807) is 14.2 Å². The van der Waals surface area contributed by atoms with Gasteiger partial charge in [0, 0.05) is 17.4 Å². The highest BCUT2D eigenvalue weighted by Gasteiger charge is 2.23. The third-order valence-electron chi connectivity index (χ3n) is 4.45. The van der Waals surface area contributed by atoms with Gasteiger partial charge in [0.25, 0.3) is 0 Å². The van der Waals surface area contributed by atoms with Gasteiger partial charge in [0.1, 0.15) is 0 Å². The van der Waals surface area contributed by atoms with E-state index in [1.165, 1.54) is 0 Å². The van der Waals surface area contributed by atoms with E-state index in [2.05, 4.69) is 28.7 Å². The highest BCUT2D eigenvalue weighted by molar-refractivity contribution is 6.02. The number of ether oxygens (including phenoxy) is 2. The van der Waals surface area contributed by atoms with Gasteiger partial charge >= 0.3 is 0 Å². The Balaban J connectivity index is 1.57. The van der Waals surface area contributed by atoms with Gasteiger partial charge in [-0.2, -0.15) is 5.10 Å². The molecule has 1 aromatic heterocycles. The van der Waals surface area contributed by atoms with Gasteiger partial charge in [-0.05, 0) is 30.3 Å². The Morgan fingerprint density at radius 3 is 2.64 bits per heavy atom. The molecule has 3 aromatic rings. The van der Waals surface area contributed by atoms with Crippen LogP contribution >= 0.6 is 0 Å². The molecule has 1 aliphatic heterocycles. The van der Waals surface area contributed by atoms with Crippen molar-refractivity contribution in [3.63, 3.8) is 0 Å². The van der Waals surface area contributed by atoms with Crippen molar-refractivity contribution in [1.29, 1.82) is 0 Å². The van der Waals surface area contributed by atoms with Crippen LogP contribution in [0.2, 0.25) is 0 Å². The van der Waals surface area contributed by atoms with Gasteiger partial charge < -0.3 is 14.9 Å². The Morgan fingerprint density at radius 1 is 0.960 bits per heavy atom. The highest BCUT2D eigenvalue weighted by Crippen LogP contribution is 2.31. The minimum atomic E-state index is 0.0766. The largest absolute Gasteiger partial charge is 0.493 e. The lowest BCUT2D eigenvalue weighted by Gasteiger charge is -2.11. The summed E-state index contributed by atoms with van der Waals surface area (Å²) in [4.78, 5) is 4.77. The van der Waals surface area contributed by atoms with Gasteiger partial charge in [0.15, 0.2) is 11.5 Å². The molecule has 0 radical (unpaired) electrons. The van der Waals surface area contributed by atoms with Gasteiger partial charge in [-0.15, -0.1) is 0 Å². The number of methoxy groups -OCH3 is 2. The fourth-order valence-corrected chi connectivity index (χ4v) is 3.09. The predicted octanol–water partition coefficient (Wildman–Crippen LogP) is 3.69. The molecule has 2 heterocycles. The first-order chi connectivity index (χ1) is 12.3. The van der Waals surface area contributed by atoms with Crippen molar-refractivity contribution in [2.45, 2.75) is 12.5 Å². The molecule has 1 aliphatic rings. The van der Waals surface area contributed by atoms with Crippen molar-refractivity contribution in [3.8, 4) is 11.5 Å². The summed E-state index contributed by atoms with van der Waals surface area (Å²) < 4.78 is 10.7. The summed E-state index contributed by atoms with van der Waals surface area (Å²) in [5.74, 6) is 1.42. The number of benzene rings is 2. The topological polar surface area (TPSA) is 55.7 Å². The summed E-state index contributed by atoms with van der Waals surface area (Å²) in [6.07, 6.45) is 0.779. The van der Waals surface area contributed by atoms with Crippen molar-refractivity contribution < 1.29 is 9.47 Å². The first-order valence-corrected chi connectivity index (χ1v) is 8.18. The molecule has 0 fully saturated rings. The fourth-order valence-electron chi connectivity index (χ4n) is 3.09. The zero-order valence-corrected chi connectivity index (χ0v) is 14.2. The van der Waals surface area contributed by atoms with Crippen LogP contribution in [-0.2, 0) is 0 Å². The zero-order valence-electron chi connectivity index (χ0n) is 14.2. The Bertz CT molecular complexity index is 953. The van der Waals surface area contributed by atoms with Crippen LogP contribution < -0.4 is 14.9 Å². The summed E-state index contributed by atoms with van der Waals surface area (Å²) in [6, 6.07) is 18.2. The van der Waals surface area contributed by atoms with E-state index in [9.17, 15) is 0 Å². The van der Waals surface area contributed by atoms with Crippen molar-refractivity contribution >= 4 is 16.6 Å². The lowest BCUT2D eigenvalue weighted by Crippen LogP contribution is -2.11. The van der Waals surface area contributed by atoms with Crippen LogP contribution in [0.25, 0.3) is 10.9 Å². The van der Waals surface area contributed by atoms with E-state index in [4.69, 9.17) is 14.5 Å². The molecule has 2 aromatic carbocycles. The minimum absolute atomic E-state index is 0.0766. The van der Waals surface area contributed by atoms with Crippen molar-refractivity contribution in [2.75, 3.05) is 14.2 Å². The standard InChI is InChI=1S/C20H19N3O2/c1-24-19-10-8-14(11-20(19)25-2)17-12-18(23-22-17)16-9-7-13-5-3-4-6-15(13)21-16/h3-11,18,23H,12H2,1-2H3. The maximum absolute atomic E-state index is 5.38. The molecular weight excluding hydrogens is 314 g/mol. The van der Waals surface area contributed by atoms with E-state index in [1.807, 2.05) is 36.4 Å². The Kier molecular flexibility index (Phi) is 3.98. The Morgan fingerprint density at radius 2 is 1.80 bits per heavy atom. The molecule has 0 aliphatic carbocycles. The summed E-state index contributed by atoms with van der Waals surface area (Å²) in [7, 11) is 3.27. The Hall–Kier alpha value is -3.08. The van der Waals surface area contributed by atoms with Gasteiger partial charge in [0.2, 0.25) is 0 Å². The second kappa shape index (κ2) is 6.43. The number of para-hydroxylation sites is 1. The lowest BCUT2D eigenvalue weighted by atomic mass is 10.0. The van der Waals surface area contributed by atoms with Gasteiger partial charge in [-0.25, -0.2) is 0 Å². The van der Waals surface area contributed by atoms with Crippen molar-refractivity contribution in [2.24, 2.45) is 5.10 Å². The molecule has 1 atom stereocenters. The highest BCUT2D eigenvalue weighted by atomic mass is 16.5. The minimum Gasteiger partial charge on any atom is -0.493 e. The monoisotopic (exact) mass is 333 g/mol. The van der Waals surface area contributed by atoms with E-state index in [0.717, 1.165) is 34.3 Å². The number of nitrogens with one attached hydrogen (secondary N) is 1. The van der Waals surface area contributed by atoms with Crippen LogP contribution in [0, 0.1) is 0 Å². The number of nitrogens with zero attached hydrogens (tertiary/aromatic N) is 2. The molecule has 1 N–H and O–H groups in total. The fraction of sp³-hybridized carbons (Fsp3) is 0.200. The van der Waals surface area contributed by atoms with Crippen LogP contribution in [0.4, 0.5) is 0 Å². The van der Waals surface area contributed by atoms with Crippen LogP contribution in [-0.4, -0.2) is 24.9 Å².